The van der Waals surface area contributed by atoms with Gasteiger partial charge in [-0.1, -0.05) is 31.3 Å². The van der Waals surface area contributed by atoms with Crippen molar-refractivity contribution in [3.63, 3.8) is 0 Å². The third kappa shape index (κ3) is 4.60. The van der Waals surface area contributed by atoms with Gasteiger partial charge in [-0.15, -0.1) is 0 Å². The maximum Gasteiger partial charge on any atom is 0.129 e. The maximum atomic E-state index is 9.81. The van der Waals surface area contributed by atoms with Crippen LogP contribution in [0.2, 0.25) is 0 Å². The van der Waals surface area contributed by atoms with E-state index in [1.54, 1.807) is 6.07 Å². The van der Waals surface area contributed by atoms with Crippen LogP contribution < -0.4 is 10.5 Å². The van der Waals surface area contributed by atoms with Crippen molar-refractivity contribution < 1.29 is 9.84 Å². The summed E-state index contributed by atoms with van der Waals surface area (Å²) in [6.45, 7) is 3.73. The van der Waals surface area contributed by atoms with Crippen LogP contribution >= 0.6 is 12.2 Å². The standard InChI is InChI=1S/C13H20N2O2S/c1-3-15(2)8-10(16)9-17-12-7-5-4-6-11(12)13(14)18/h4-7,10,16H,3,8-9H2,1-2H3,(H2,14,18). The molecule has 0 fully saturated rings. The lowest BCUT2D eigenvalue weighted by Gasteiger charge is -2.19. The second-order valence-corrected chi connectivity index (χ2v) is 4.62. The fourth-order valence-corrected chi connectivity index (χ4v) is 1.69. The Morgan fingerprint density at radius 1 is 1.50 bits per heavy atom. The minimum absolute atomic E-state index is 0.226. The van der Waals surface area contributed by atoms with Gasteiger partial charge >= 0.3 is 0 Å². The van der Waals surface area contributed by atoms with Crippen molar-refractivity contribution in [1.82, 2.24) is 4.90 Å². The Morgan fingerprint density at radius 2 is 2.17 bits per heavy atom. The van der Waals surface area contributed by atoms with Crippen LogP contribution in [0.25, 0.3) is 0 Å². The van der Waals surface area contributed by atoms with Gasteiger partial charge in [0.2, 0.25) is 0 Å². The molecule has 0 aliphatic rings. The summed E-state index contributed by atoms with van der Waals surface area (Å²) < 4.78 is 5.56. The van der Waals surface area contributed by atoms with Crippen LogP contribution in [0.1, 0.15) is 12.5 Å². The smallest absolute Gasteiger partial charge is 0.129 e. The van der Waals surface area contributed by atoms with Crippen LogP contribution in [0.4, 0.5) is 0 Å². The molecule has 4 nitrogen and oxygen atoms in total. The average molecular weight is 268 g/mol. The van der Waals surface area contributed by atoms with Crippen LogP contribution in [0.15, 0.2) is 24.3 Å². The fourth-order valence-electron chi connectivity index (χ4n) is 1.52. The summed E-state index contributed by atoms with van der Waals surface area (Å²) in [6, 6.07) is 7.30. The van der Waals surface area contributed by atoms with Crippen LogP contribution in [-0.4, -0.2) is 47.8 Å². The van der Waals surface area contributed by atoms with Crippen LogP contribution in [0.3, 0.4) is 0 Å². The average Bonchev–Trinajstić information content (AvgIpc) is 2.36. The van der Waals surface area contributed by atoms with Crippen molar-refractivity contribution in [2.75, 3.05) is 26.7 Å². The first kappa shape index (κ1) is 14.9. The Kier molecular flexibility index (Phi) is 6.04. The molecule has 5 heteroatoms. The van der Waals surface area contributed by atoms with Crippen molar-refractivity contribution in [3.8, 4) is 5.75 Å². The summed E-state index contributed by atoms with van der Waals surface area (Å²) in [5.74, 6) is 0.614. The van der Waals surface area contributed by atoms with E-state index in [1.165, 1.54) is 0 Å². The molecular formula is C13H20N2O2S. The summed E-state index contributed by atoms with van der Waals surface area (Å²) in [5.41, 5.74) is 6.30. The van der Waals surface area contributed by atoms with E-state index in [4.69, 9.17) is 22.7 Å². The minimum Gasteiger partial charge on any atom is -0.490 e. The number of hydrogen-bond donors (Lipinski definition) is 2. The Balaban J connectivity index is 2.55. The molecule has 100 valence electrons. The van der Waals surface area contributed by atoms with E-state index in [-0.39, 0.29) is 6.61 Å². The summed E-state index contributed by atoms with van der Waals surface area (Å²) in [7, 11) is 1.95. The van der Waals surface area contributed by atoms with Gasteiger partial charge in [0.05, 0.1) is 5.56 Å². The third-order valence-corrected chi connectivity index (χ3v) is 2.87. The highest BCUT2D eigenvalue weighted by atomic mass is 32.1. The number of benzene rings is 1. The molecule has 1 aromatic rings. The Morgan fingerprint density at radius 3 is 2.78 bits per heavy atom. The number of likely N-dealkylation sites (N-methyl/N-ethyl adjacent to an activating group) is 1. The van der Waals surface area contributed by atoms with E-state index in [0.29, 0.717) is 22.8 Å². The molecule has 0 radical (unpaired) electrons. The number of aliphatic hydroxyl groups excluding tert-OH is 1. The number of rotatable bonds is 7. The first-order chi connectivity index (χ1) is 8.54. The number of nitrogens with zero attached hydrogens (tertiary/aromatic N) is 1. The highest BCUT2D eigenvalue weighted by molar-refractivity contribution is 7.80. The van der Waals surface area contributed by atoms with Crippen molar-refractivity contribution in [2.24, 2.45) is 5.73 Å². The predicted molar refractivity (Wildman–Crippen MR) is 77.0 cm³/mol. The molecule has 0 spiro atoms. The molecule has 0 aliphatic heterocycles. The molecule has 1 unspecified atom stereocenters. The Labute approximate surface area is 113 Å². The van der Waals surface area contributed by atoms with Crippen molar-refractivity contribution in [2.45, 2.75) is 13.0 Å². The van der Waals surface area contributed by atoms with Crippen molar-refractivity contribution in [1.29, 1.82) is 0 Å². The van der Waals surface area contributed by atoms with E-state index in [9.17, 15) is 5.11 Å². The third-order valence-electron chi connectivity index (χ3n) is 2.65. The van der Waals surface area contributed by atoms with Gasteiger partial charge in [-0.3, -0.25) is 0 Å². The number of nitrogens with two attached hydrogens (primary N) is 1. The van der Waals surface area contributed by atoms with Gasteiger partial charge in [0, 0.05) is 6.54 Å². The second kappa shape index (κ2) is 7.31. The fraction of sp³-hybridized carbons (Fsp3) is 0.462. The molecule has 1 atom stereocenters. The lowest BCUT2D eigenvalue weighted by molar-refractivity contribution is 0.0778. The normalized spacial score (nSPS) is 12.4. The van der Waals surface area contributed by atoms with Gasteiger partial charge in [-0.05, 0) is 25.7 Å². The number of thiocarbonyl (C=S) groups is 1. The van der Waals surface area contributed by atoms with Crippen LogP contribution in [-0.2, 0) is 0 Å². The van der Waals surface area contributed by atoms with Crippen molar-refractivity contribution >= 4 is 17.2 Å². The van der Waals surface area contributed by atoms with Crippen molar-refractivity contribution in [3.05, 3.63) is 29.8 Å². The summed E-state index contributed by atoms with van der Waals surface area (Å²) in [6.07, 6.45) is -0.533. The quantitative estimate of drug-likeness (QED) is 0.723. The molecular weight excluding hydrogens is 248 g/mol. The van der Waals surface area contributed by atoms with E-state index in [1.807, 2.05) is 37.1 Å². The molecule has 18 heavy (non-hydrogen) atoms. The zero-order chi connectivity index (χ0) is 13.5. The lowest BCUT2D eigenvalue weighted by atomic mass is 10.2. The summed E-state index contributed by atoms with van der Waals surface area (Å²) in [5, 5.41) is 9.81. The van der Waals surface area contributed by atoms with Gasteiger partial charge in [-0.2, -0.15) is 0 Å². The van der Waals surface area contributed by atoms with E-state index >= 15 is 0 Å². The molecule has 0 amide bonds. The summed E-state index contributed by atoms with van der Waals surface area (Å²) in [4.78, 5) is 2.32. The Bertz CT molecular complexity index is 398. The van der Waals surface area contributed by atoms with Gasteiger partial charge in [0.15, 0.2) is 0 Å². The molecule has 0 aliphatic carbocycles. The largest absolute Gasteiger partial charge is 0.490 e. The monoisotopic (exact) mass is 268 g/mol. The zero-order valence-electron chi connectivity index (χ0n) is 10.8. The second-order valence-electron chi connectivity index (χ2n) is 4.18. The molecule has 0 saturated carbocycles. The lowest BCUT2D eigenvalue weighted by Crippen LogP contribution is -2.33. The predicted octanol–water partition coefficient (Wildman–Crippen LogP) is 1.01. The number of para-hydroxylation sites is 1. The van der Waals surface area contributed by atoms with Crippen LogP contribution in [0.5, 0.6) is 5.75 Å². The minimum atomic E-state index is -0.533. The van der Waals surface area contributed by atoms with E-state index < -0.39 is 6.10 Å². The van der Waals surface area contributed by atoms with E-state index in [2.05, 4.69) is 0 Å². The SMILES string of the molecule is CCN(C)CC(O)COc1ccccc1C(N)=S. The Hall–Kier alpha value is -1.17. The highest BCUT2D eigenvalue weighted by Gasteiger charge is 2.10. The van der Waals surface area contributed by atoms with Gasteiger partial charge in [0.1, 0.15) is 23.4 Å². The van der Waals surface area contributed by atoms with Crippen LogP contribution in [0, 0.1) is 0 Å². The zero-order valence-corrected chi connectivity index (χ0v) is 11.6. The number of hydrogen-bond acceptors (Lipinski definition) is 4. The summed E-state index contributed by atoms with van der Waals surface area (Å²) >= 11 is 4.95. The topological polar surface area (TPSA) is 58.7 Å². The molecule has 0 bridgehead atoms. The van der Waals surface area contributed by atoms with Gasteiger partial charge < -0.3 is 20.5 Å². The first-order valence-corrected chi connectivity index (χ1v) is 6.33. The number of aliphatic hydroxyl groups is 1. The molecule has 0 saturated heterocycles. The highest BCUT2D eigenvalue weighted by Crippen LogP contribution is 2.17. The van der Waals surface area contributed by atoms with Gasteiger partial charge in [0.25, 0.3) is 0 Å². The molecule has 1 aromatic carbocycles. The number of ether oxygens (including phenoxy) is 1. The molecule has 1 rings (SSSR count). The molecule has 0 aromatic heterocycles. The first-order valence-electron chi connectivity index (χ1n) is 5.92. The molecule has 0 heterocycles. The maximum absolute atomic E-state index is 9.81. The van der Waals surface area contributed by atoms with E-state index in [0.717, 1.165) is 6.54 Å². The van der Waals surface area contributed by atoms with Gasteiger partial charge in [-0.25, -0.2) is 0 Å². The molecule has 3 N–H and O–H groups in total.